The van der Waals surface area contributed by atoms with Crippen LogP contribution in [0.3, 0.4) is 0 Å². The summed E-state index contributed by atoms with van der Waals surface area (Å²) < 4.78 is 0. The van der Waals surface area contributed by atoms with E-state index in [0.29, 0.717) is 6.42 Å². The van der Waals surface area contributed by atoms with Gasteiger partial charge >= 0.3 is 0 Å². The molecule has 2 N–H and O–H groups in total. The van der Waals surface area contributed by atoms with Gasteiger partial charge in [-0.25, -0.2) is 0 Å². The summed E-state index contributed by atoms with van der Waals surface area (Å²) in [4.78, 5) is 24.9. The van der Waals surface area contributed by atoms with Gasteiger partial charge in [0.2, 0.25) is 11.8 Å². The minimum absolute atomic E-state index is 0.000650. The van der Waals surface area contributed by atoms with Crippen LogP contribution in [-0.2, 0) is 9.59 Å². The molecule has 0 bridgehead atoms. The molecule has 0 aliphatic heterocycles. The van der Waals surface area contributed by atoms with Crippen LogP contribution < -0.4 is 10.6 Å². The van der Waals surface area contributed by atoms with Crippen molar-refractivity contribution in [3.63, 3.8) is 0 Å². The molecule has 23 heavy (non-hydrogen) atoms. The van der Waals surface area contributed by atoms with Crippen molar-refractivity contribution in [2.24, 2.45) is 11.3 Å². The SMILES string of the molecule is CC(C)(C)NC(=O)C1C/C=C/C(C)(C(=O)NC(C)(C)C)CCC1. The number of amides is 2. The second kappa shape index (κ2) is 7.06. The van der Waals surface area contributed by atoms with Gasteiger partial charge in [-0.05, 0) is 67.7 Å². The molecule has 0 spiro atoms. The molecule has 1 aliphatic carbocycles. The summed E-state index contributed by atoms with van der Waals surface area (Å²) in [6, 6.07) is 0. The molecule has 2 amide bonds. The van der Waals surface area contributed by atoms with E-state index in [2.05, 4.69) is 10.6 Å². The fraction of sp³-hybridized carbons (Fsp3) is 0.789. The first-order chi connectivity index (χ1) is 10.3. The van der Waals surface area contributed by atoms with Crippen LogP contribution in [0, 0.1) is 11.3 Å². The van der Waals surface area contributed by atoms with E-state index in [1.807, 2.05) is 60.6 Å². The van der Waals surface area contributed by atoms with Gasteiger partial charge in [0.05, 0.1) is 5.41 Å². The van der Waals surface area contributed by atoms with Gasteiger partial charge in [0.1, 0.15) is 0 Å². The molecule has 1 rings (SSSR count). The lowest BCUT2D eigenvalue weighted by Gasteiger charge is -2.32. The van der Waals surface area contributed by atoms with E-state index in [0.717, 1.165) is 19.3 Å². The number of hydrogen-bond donors (Lipinski definition) is 2. The summed E-state index contributed by atoms with van der Waals surface area (Å²) in [7, 11) is 0. The highest BCUT2D eigenvalue weighted by Gasteiger charge is 2.34. The fourth-order valence-corrected chi connectivity index (χ4v) is 2.79. The predicted octanol–water partition coefficient (Wildman–Crippen LogP) is 3.57. The van der Waals surface area contributed by atoms with Gasteiger partial charge in [0.15, 0.2) is 0 Å². The molecule has 4 nitrogen and oxygen atoms in total. The van der Waals surface area contributed by atoms with Gasteiger partial charge in [-0.3, -0.25) is 9.59 Å². The standard InChI is InChI=1S/C19H34N2O2/c1-17(2,3)20-15(22)14-10-8-12-19(7,13-9-11-14)16(23)21-18(4,5)6/h8,12,14H,9-11,13H2,1-7H3,(H,20,22)(H,21,23)/b12-8+. The van der Waals surface area contributed by atoms with Crippen LogP contribution in [0.2, 0.25) is 0 Å². The molecular weight excluding hydrogens is 288 g/mol. The van der Waals surface area contributed by atoms with E-state index >= 15 is 0 Å². The van der Waals surface area contributed by atoms with E-state index in [-0.39, 0.29) is 28.8 Å². The summed E-state index contributed by atoms with van der Waals surface area (Å²) in [6.45, 7) is 14.0. The average molecular weight is 322 g/mol. The van der Waals surface area contributed by atoms with Gasteiger partial charge in [-0.15, -0.1) is 0 Å². The molecule has 2 unspecified atom stereocenters. The van der Waals surface area contributed by atoms with Gasteiger partial charge in [-0.1, -0.05) is 18.6 Å². The second-order valence-corrected chi connectivity index (χ2v) is 9.09. The van der Waals surface area contributed by atoms with E-state index in [9.17, 15) is 9.59 Å². The predicted molar refractivity (Wildman–Crippen MR) is 95.0 cm³/mol. The smallest absolute Gasteiger partial charge is 0.230 e. The Morgan fingerprint density at radius 2 is 1.61 bits per heavy atom. The lowest BCUT2D eigenvalue weighted by Crippen LogP contribution is -2.48. The maximum Gasteiger partial charge on any atom is 0.230 e. The lowest BCUT2D eigenvalue weighted by molar-refractivity contribution is -0.129. The third kappa shape index (κ3) is 6.76. The maximum absolute atomic E-state index is 12.6. The number of carbonyl (C=O) groups is 2. The Labute approximate surface area is 141 Å². The van der Waals surface area contributed by atoms with Crippen molar-refractivity contribution in [1.29, 1.82) is 0 Å². The topological polar surface area (TPSA) is 58.2 Å². The monoisotopic (exact) mass is 322 g/mol. The molecule has 0 aromatic carbocycles. The van der Waals surface area contributed by atoms with Gasteiger partial charge in [0.25, 0.3) is 0 Å². The van der Waals surface area contributed by atoms with Crippen LogP contribution >= 0.6 is 0 Å². The van der Waals surface area contributed by atoms with Crippen molar-refractivity contribution in [2.45, 2.75) is 85.2 Å². The Balaban J connectivity index is 2.75. The molecule has 0 aromatic rings. The summed E-state index contributed by atoms with van der Waals surface area (Å²) in [5.74, 6) is 0.185. The second-order valence-electron chi connectivity index (χ2n) is 9.09. The highest BCUT2D eigenvalue weighted by molar-refractivity contribution is 5.85. The lowest BCUT2D eigenvalue weighted by atomic mass is 9.78. The highest BCUT2D eigenvalue weighted by Crippen LogP contribution is 2.32. The van der Waals surface area contributed by atoms with Crippen molar-refractivity contribution >= 4 is 11.8 Å². The van der Waals surface area contributed by atoms with Crippen LogP contribution in [0.25, 0.3) is 0 Å². The minimum atomic E-state index is -0.487. The van der Waals surface area contributed by atoms with E-state index < -0.39 is 5.41 Å². The molecule has 0 aromatic heterocycles. The number of nitrogens with one attached hydrogen (secondary N) is 2. The first kappa shape index (κ1) is 19.7. The highest BCUT2D eigenvalue weighted by atomic mass is 16.2. The number of hydrogen-bond acceptors (Lipinski definition) is 2. The first-order valence-electron chi connectivity index (χ1n) is 8.65. The average Bonchev–Trinajstić information content (AvgIpc) is 2.29. The van der Waals surface area contributed by atoms with Crippen LogP contribution in [0.1, 0.15) is 74.1 Å². The molecule has 132 valence electrons. The Kier molecular flexibility index (Phi) is 6.06. The molecule has 0 fully saturated rings. The molecule has 0 radical (unpaired) electrons. The van der Waals surface area contributed by atoms with E-state index in [1.54, 1.807) is 0 Å². The van der Waals surface area contributed by atoms with Crippen molar-refractivity contribution < 1.29 is 9.59 Å². The van der Waals surface area contributed by atoms with E-state index in [1.165, 1.54) is 0 Å². The van der Waals surface area contributed by atoms with Crippen LogP contribution in [0.15, 0.2) is 12.2 Å². The number of rotatable bonds is 2. The Morgan fingerprint density at radius 1 is 1.04 bits per heavy atom. The largest absolute Gasteiger partial charge is 0.351 e. The third-order valence-corrected chi connectivity index (χ3v) is 4.03. The normalized spacial score (nSPS) is 27.5. The van der Waals surface area contributed by atoms with E-state index in [4.69, 9.17) is 0 Å². The molecule has 0 heterocycles. The molecule has 0 saturated carbocycles. The van der Waals surface area contributed by atoms with Crippen molar-refractivity contribution in [1.82, 2.24) is 10.6 Å². The molecule has 0 saturated heterocycles. The molecular formula is C19H34N2O2. The van der Waals surface area contributed by atoms with Crippen LogP contribution in [0.4, 0.5) is 0 Å². The van der Waals surface area contributed by atoms with Crippen LogP contribution in [-0.4, -0.2) is 22.9 Å². The maximum atomic E-state index is 12.6. The zero-order valence-electron chi connectivity index (χ0n) is 15.9. The number of allylic oxidation sites excluding steroid dienone is 1. The van der Waals surface area contributed by atoms with Gasteiger partial charge < -0.3 is 10.6 Å². The zero-order chi connectivity index (χ0) is 17.9. The Morgan fingerprint density at radius 3 is 2.13 bits per heavy atom. The Bertz CT molecular complexity index is 469. The molecule has 1 aliphatic rings. The zero-order valence-corrected chi connectivity index (χ0v) is 15.9. The Hall–Kier alpha value is -1.32. The molecule has 4 heteroatoms. The summed E-state index contributed by atoms with van der Waals surface area (Å²) in [6.07, 6.45) is 7.16. The summed E-state index contributed by atoms with van der Waals surface area (Å²) in [5.41, 5.74) is -0.922. The summed E-state index contributed by atoms with van der Waals surface area (Å²) >= 11 is 0. The van der Waals surface area contributed by atoms with Crippen molar-refractivity contribution in [3.05, 3.63) is 12.2 Å². The van der Waals surface area contributed by atoms with Gasteiger partial charge in [0, 0.05) is 17.0 Å². The fourth-order valence-electron chi connectivity index (χ4n) is 2.79. The van der Waals surface area contributed by atoms with Gasteiger partial charge in [-0.2, -0.15) is 0 Å². The molecule has 2 atom stereocenters. The van der Waals surface area contributed by atoms with Crippen molar-refractivity contribution in [2.75, 3.05) is 0 Å². The quantitative estimate of drug-likeness (QED) is 0.764. The third-order valence-electron chi connectivity index (χ3n) is 4.03. The number of carbonyl (C=O) groups excluding carboxylic acids is 2. The van der Waals surface area contributed by atoms with Crippen LogP contribution in [0.5, 0.6) is 0 Å². The minimum Gasteiger partial charge on any atom is -0.351 e. The van der Waals surface area contributed by atoms with Crippen molar-refractivity contribution in [3.8, 4) is 0 Å². The summed E-state index contributed by atoms with van der Waals surface area (Å²) in [5, 5.41) is 6.13. The first-order valence-corrected chi connectivity index (χ1v) is 8.65.